The molecule has 0 fully saturated rings. The van der Waals surface area contributed by atoms with E-state index in [2.05, 4.69) is 28.0 Å². The van der Waals surface area contributed by atoms with Gasteiger partial charge in [-0.15, -0.1) is 0 Å². The number of rotatable bonds is 5. The fourth-order valence-electron chi connectivity index (χ4n) is 2.23. The van der Waals surface area contributed by atoms with E-state index in [4.69, 9.17) is 4.74 Å². The van der Waals surface area contributed by atoms with E-state index in [0.29, 0.717) is 11.4 Å². The minimum absolute atomic E-state index is 0.611. The molecule has 0 saturated carbocycles. The highest BCUT2D eigenvalue weighted by Crippen LogP contribution is 2.34. The Morgan fingerprint density at radius 3 is 2.85 bits per heavy atom. The van der Waals surface area contributed by atoms with Crippen LogP contribution in [0.2, 0.25) is 0 Å². The quantitative estimate of drug-likeness (QED) is 0.908. The number of ether oxygens (including phenoxy) is 1. The lowest BCUT2D eigenvalue weighted by Crippen LogP contribution is -2.12. The van der Waals surface area contributed by atoms with Crippen LogP contribution in [0.4, 0.5) is 0 Å². The van der Waals surface area contributed by atoms with Crippen LogP contribution in [0.5, 0.6) is 5.75 Å². The number of aliphatic hydroxyl groups is 1. The number of aliphatic hydroxyl groups excluding tert-OH is 1. The summed E-state index contributed by atoms with van der Waals surface area (Å²) in [6.45, 7) is 4.83. The fraction of sp³-hybridized carbons (Fsp3) is 0.400. The molecule has 0 radical (unpaired) electrons. The number of methoxy groups -OCH3 is 1. The molecule has 0 spiro atoms. The van der Waals surface area contributed by atoms with Crippen LogP contribution in [-0.4, -0.2) is 22.0 Å². The SMILES string of the molecule is CCCn1ncc(OC)c1C(O)c1cccc(C)c1Br. The van der Waals surface area contributed by atoms with Gasteiger partial charge in [0.25, 0.3) is 0 Å². The zero-order valence-electron chi connectivity index (χ0n) is 11.9. The highest BCUT2D eigenvalue weighted by atomic mass is 79.9. The van der Waals surface area contributed by atoms with E-state index in [9.17, 15) is 5.11 Å². The summed E-state index contributed by atoms with van der Waals surface area (Å²) in [5.74, 6) is 0.611. The van der Waals surface area contributed by atoms with E-state index in [1.54, 1.807) is 18.0 Å². The third-order valence-corrected chi connectivity index (χ3v) is 4.36. The van der Waals surface area contributed by atoms with E-state index in [0.717, 1.165) is 28.6 Å². The Labute approximate surface area is 127 Å². The van der Waals surface area contributed by atoms with Crippen molar-refractivity contribution in [1.29, 1.82) is 0 Å². The maximum absolute atomic E-state index is 10.7. The van der Waals surface area contributed by atoms with Crippen molar-refractivity contribution in [2.45, 2.75) is 32.9 Å². The minimum Gasteiger partial charge on any atom is -0.493 e. The molecular formula is C15H19BrN2O2. The van der Waals surface area contributed by atoms with Crippen LogP contribution in [0.3, 0.4) is 0 Å². The largest absolute Gasteiger partial charge is 0.493 e. The lowest BCUT2D eigenvalue weighted by molar-refractivity contribution is 0.201. The molecule has 108 valence electrons. The Kier molecular flexibility index (Phi) is 4.83. The minimum atomic E-state index is -0.770. The summed E-state index contributed by atoms with van der Waals surface area (Å²) in [7, 11) is 1.59. The van der Waals surface area contributed by atoms with E-state index < -0.39 is 6.10 Å². The molecule has 0 bridgehead atoms. The first-order valence-corrected chi connectivity index (χ1v) is 7.42. The first-order chi connectivity index (χ1) is 9.60. The van der Waals surface area contributed by atoms with Gasteiger partial charge in [0, 0.05) is 16.6 Å². The van der Waals surface area contributed by atoms with E-state index in [-0.39, 0.29) is 0 Å². The Bertz CT molecular complexity index is 596. The zero-order chi connectivity index (χ0) is 14.7. The summed E-state index contributed by atoms with van der Waals surface area (Å²) < 4.78 is 8.05. The molecule has 0 aliphatic heterocycles. The van der Waals surface area contributed by atoms with Crippen molar-refractivity contribution in [2.75, 3.05) is 7.11 Å². The lowest BCUT2D eigenvalue weighted by Gasteiger charge is -2.17. The molecule has 5 heteroatoms. The summed E-state index contributed by atoms with van der Waals surface area (Å²) in [5.41, 5.74) is 2.60. The summed E-state index contributed by atoms with van der Waals surface area (Å²) in [6, 6.07) is 5.84. The number of benzene rings is 1. The smallest absolute Gasteiger partial charge is 0.163 e. The van der Waals surface area contributed by atoms with Crippen LogP contribution in [0.25, 0.3) is 0 Å². The summed E-state index contributed by atoms with van der Waals surface area (Å²) in [4.78, 5) is 0. The normalized spacial score (nSPS) is 12.4. The standard InChI is InChI=1S/C15H19BrN2O2/c1-4-8-18-14(12(20-3)9-17-18)15(19)11-7-5-6-10(2)13(11)16/h5-7,9,15,19H,4,8H2,1-3H3. The lowest BCUT2D eigenvalue weighted by atomic mass is 10.0. The molecule has 20 heavy (non-hydrogen) atoms. The van der Waals surface area contributed by atoms with Gasteiger partial charge in [-0.25, -0.2) is 0 Å². The van der Waals surface area contributed by atoms with Gasteiger partial charge in [-0.2, -0.15) is 5.10 Å². The van der Waals surface area contributed by atoms with Crippen molar-refractivity contribution in [3.05, 3.63) is 45.7 Å². The van der Waals surface area contributed by atoms with Gasteiger partial charge in [0.1, 0.15) is 11.8 Å². The molecule has 1 unspecified atom stereocenters. The van der Waals surface area contributed by atoms with E-state index in [1.165, 1.54) is 0 Å². The highest BCUT2D eigenvalue weighted by molar-refractivity contribution is 9.10. The van der Waals surface area contributed by atoms with Crippen molar-refractivity contribution in [3.63, 3.8) is 0 Å². The van der Waals surface area contributed by atoms with E-state index >= 15 is 0 Å². The Hall–Kier alpha value is -1.33. The predicted molar refractivity (Wildman–Crippen MR) is 82.0 cm³/mol. The van der Waals surface area contributed by atoms with Crippen molar-refractivity contribution in [2.24, 2.45) is 0 Å². The molecule has 2 rings (SSSR count). The molecule has 2 aromatic rings. The van der Waals surface area contributed by atoms with Crippen LogP contribution < -0.4 is 4.74 Å². The van der Waals surface area contributed by atoms with Gasteiger partial charge >= 0.3 is 0 Å². The summed E-state index contributed by atoms with van der Waals surface area (Å²) >= 11 is 3.55. The topological polar surface area (TPSA) is 47.3 Å². The number of hydrogen-bond donors (Lipinski definition) is 1. The van der Waals surface area contributed by atoms with Crippen LogP contribution in [0.15, 0.2) is 28.9 Å². The van der Waals surface area contributed by atoms with Gasteiger partial charge in [-0.1, -0.05) is 41.1 Å². The summed E-state index contributed by atoms with van der Waals surface area (Å²) in [6.07, 6.45) is 1.82. The average molecular weight is 339 g/mol. The van der Waals surface area contributed by atoms with Crippen LogP contribution in [0, 0.1) is 6.92 Å². The maximum Gasteiger partial charge on any atom is 0.163 e. The van der Waals surface area contributed by atoms with Gasteiger partial charge in [0.05, 0.1) is 13.3 Å². The van der Waals surface area contributed by atoms with Gasteiger partial charge in [0.2, 0.25) is 0 Å². The molecule has 1 aromatic heterocycles. The van der Waals surface area contributed by atoms with Crippen LogP contribution >= 0.6 is 15.9 Å². The fourth-order valence-corrected chi connectivity index (χ4v) is 2.71. The van der Waals surface area contributed by atoms with Gasteiger partial charge in [0.15, 0.2) is 5.75 Å². The number of nitrogens with zero attached hydrogens (tertiary/aromatic N) is 2. The van der Waals surface area contributed by atoms with Crippen LogP contribution in [0.1, 0.15) is 36.3 Å². The second kappa shape index (κ2) is 6.41. The number of aryl methyl sites for hydroxylation is 2. The molecular weight excluding hydrogens is 320 g/mol. The molecule has 1 aromatic carbocycles. The monoisotopic (exact) mass is 338 g/mol. The second-order valence-electron chi connectivity index (χ2n) is 4.70. The maximum atomic E-state index is 10.7. The molecule has 0 amide bonds. The van der Waals surface area contributed by atoms with Crippen LogP contribution in [-0.2, 0) is 6.54 Å². The summed E-state index contributed by atoms with van der Waals surface area (Å²) in [5, 5.41) is 15.0. The Balaban J connectivity index is 2.49. The van der Waals surface area contributed by atoms with Gasteiger partial charge < -0.3 is 9.84 Å². The molecule has 0 saturated heterocycles. The van der Waals surface area contributed by atoms with Crippen molar-refractivity contribution in [3.8, 4) is 5.75 Å². The number of aromatic nitrogens is 2. The number of halogens is 1. The molecule has 4 nitrogen and oxygen atoms in total. The van der Waals surface area contributed by atoms with E-state index in [1.807, 2.05) is 25.1 Å². The molecule has 1 N–H and O–H groups in total. The molecule has 0 aliphatic carbocycles. The zero-order valence-corrected chi connectivity index (χ0v) is 13.5. The molecule has 0 aliphatic rings. The predicted octanol–water partition coefficient (Wildman–Crippen LogP) is 3.45. The second-order valence-corrected chi connectivity index (χ2v) is 5.49. The van der Waals surface area contributed by atoms with Crippen molar-refractivity contribution < 1.29 is 9.84 Å². The first-order valence-electron chi connectivity index (χ1n) is 6.62. The third-order valence-electron chi connectivity index (χ3n) is 3.28. The molecule has 1 heterocycles. The highest BCUT2D eigenvalue weighted by Gasteiger charge is 2.23. The Morgan fingerprint density at radius 2 is 2.20 bits per heavy atom. The van der Waals surface area contributed by atoms with Gasteiger partial charge in [-0.05, 0) is 18.9 Å². The molecule has 1 atom stereocenters. The average Bonchev–Trinajstić information content (AvgIpc) is 2.84. The third kappa shape index (κ3) is 2.74. The Morgan fingerprint density at radius 1 is 1.45 bits per heavy atom. The number of hydrogen-bond acceptors (Lipinski definition) is 3. The van der Waals surface area contributed by atoms with Crippen molar-refractivity contribution >= 4 is 15.9 Å². The van der Waals surface area contributed by atoms with Gasteiger partial charge in [-0.3, -0.25) is 4.68 Å². The first kappa shape index (κ1) is 15.1. The van der Waals surface area contributed by atoms with Crippen molar-refractivity contribution in [1.82, 2.24) is 9.78 Å².